The number of imidazole rings is 1. The van der Waals surface area contributed by atoms with Crippen LogP contribution in [0.1, 0.15) is 5.56 Å². The average Bonchev–Trinajstić information content (AvgIpc) is 2.65. The Hall–Kier alpha value is -1.39. The molecule has 1 heterocycles. The first-order valence-corrected chi connectivity index (χ1v) is 6.83. The van der Waals surface area contributed by atoms with Gasteiger partial charge in [0.1, 0.15) is 0 Å². The number of halogens is 1. The normalized spacial score (nSPS) is 11.0. The molecule has 0 aliphatic carbocycles. The first-order chi connectivity index (χ1) is 8.66. The third-order valence-corrected chi connectivity index (χ3v) is 3.78. The quantitative estimate of drug-likeness (QED) is 0.641. The van der Waals surface area contributed by atoms with E-state index in [1.807, 2.05) is 24.3 Å². The predicted molar refractivity (Wildman–Crippen MR) is 80.9 cm³/mol. The molecular formula is C14H11BrN2S. The molecule has 0 aliphatic rings. The highest BCUT2D eigenvalue weighted by Gasteiger charge is 2.08. The van der Waals surface area contributed by atoms with E-state index in [0.717, 1.165) is 26.0 Å². The first-order valence-electron chi connectivity index (χ1n) is 5.63. The number of para-hydroxylation sites is 1. The van der Waals surface area contributed by atoms with E-state index in [1.54, 1.807) is 0 Å². The second kappa shape index (κ2) is 4.37. The van der Waals surface area contributed by atoms with Crippen molar-refractivity contribution in [1.82, 2.24) is 9.55 Å². The zero-order chi connectivity index (χ0) is 12.7. The van der Waals surface area contributed by atoms with Crippen LogP contribution in [0.2, 0.25) is 0 Å². The summed E-state index contributed by atoms with van der Waals surface area (Å²) in [6.07, 6.45) is 0. The Kier molecular flexibility index (Phi) is 2.84. The summed E-state index contributed by atoms with van der Waals surface area (Å²) in [5.74, 6) is 0. The number of H-pyrrole nitrogens is 1. The van der Waals surface area contributed by atoms with E-state index in [2.05, 4.69) is 50.6 Å². The van der Waals surface area contributed by atoms with E-state index in [1.165, 1.54) is 5.56 Å². The van der Waals surface area contributed by atoms with Crippen molar-refractivity contribution < 1.29 is 0 Å². The van der Waals surface area contributed by atoms with Gasteiger partial charge in [-0.25, -0.2) is 0 Å². The molecule has 4 heteroatoms. The fourth-order valence-electron chi connectivity index (χ4n) is 2.14. The van der Waals surface area contributed by atoms with Crippen LogP contribution in [-0.2, 0) is 0 Å². The number of nitrogens with one attached hydrogen (secondary N) is 1. The molecule has 3 aromatic rings. The number of aryl methyl sites for hydroxylation is 1. The minimum Gasteiger partial charge on any atom is -0.330 e. The monoisotopic (exact) mass is 318 g/mol. The molecule has 0 amide bonds. The molecule has 0 saturated carbocycles. The maximum Gasteiger partial charge on any atom is 0.182 e. The first kappa shape index (κ1) is 11.7. The van der Waals surface area contributed by atoms with E-state index in [0.29, 0.717) is 0 Å². The predicted octanol–water partition coefficient (Wildman–Crippen LogP) is 4.76. The topological polar surface area (TPSA) is 20.7 Å². The van der Waals surface area contributed by atoms with Gasteiger partial charge in [0.05, 0.1) is 16.7 Å². The Labute approximate surface area is 118 Å². The van der Waals surface area contributed by atoms with Crippen molar-refractivity contribution in [2.24, 2.45) is 0 Å². The van der Waals surface area contributed by atoms with Crippen LogP contribution in [0.4, 0.5) is 0 Å². The molecule has 90 valence electrons. The number of fused-ring (bicyclic) bond motifs is 1. The maximum atomic E-state index is 5.43. The van der Waals surface area contributed by atoms with Gasteiger partial charge in [-0.05, 0) is 49.0 Å². The molecule has 0 saturated heterocycles. The lowest BCUT2D eigenvalue weighted by atomic mass is 10.2. The lowest BCUT2D eigenvalue weighted by molar-refractivity contribution is 1.05. The van der Waals surface area contributed by atoms with Crippen molar-refractivity contribution in [2.75, 3.05) is 0 Å². The SMILES string of the molecule is Cc1ccccc1-n1c(=S)[nH]c2cc(Br)ccc21. The number of hydrogen-bond donors (Lipinski definition) is 1. The van der Waals surface area contributed by atoms with Crippen LogP contribution in [0.3, 0.4) is 0 Å². The Bertz CT molecular complexity index is 786. The Balaban J connectivity index is 2.40. The van der Waals surface area contributed by atoms with Gasteiger partial charge in [-0.3, -0.25) is 4.57 Å². The van der Waals surface area contributed by atoms with E-state index in [9.17, 15) is 0 Å². The zero-order valence-corrected chi connectivity index (χ0v) is 12.2. The summed E-state index contributed by atoms with van der Waals surface area (Å²) >= 11 is 8.90. The molecule has 0 fully saturated rings. The summed E-state index contributed by atoms with van der Waals surface area (Å²) in [5, 5.41) is 0. The lowest BCUT2D eigenvalue weighted by Crippen LogP contribution is -1.96. The second-order valence-corrected chi connectivity index (χ2v) is 5.52. The fraction of sp³-hybridized carbons (Fsp3) is 0.0714. The summed E-state index contributed by atoms with van der Waals surface area (Å²) in [6.45, 7) is 2.09. The van der Waals surface area contributed by atoms with Crippen molar-refractivity contribution >= 4 is 39.2 Å². The number of benzene rings is 2. The molecule has 0 spiro atoms. The van der Waals surface area contributed by atoms with Gasteiger partial charge in [-0.15, -0.1) is 0 Å². The van der Waals surface area contributed by atoms with E-state index in [-0.39, 0.29) is 0 Å². The van der Waals surface area contributed by atoms with Crippen molar-refractivity contribution in [3.8, 4) is 5.69 Å². The molecule has 2 aromatic carbocycles. The van der Waals surface area contributed by atoms with Gasteiger partial charge in [0.15, 0.2) is 4.77 Å². The number of rotatable bonds is 1. The molecule has 3 rings (SSSR count). The highest BCUT2D eigenvalue weighted by Crippen LogP contribution is 2.24. The highest BCUT2D eigenvalue weighted by molar-refractivity contribution is 9.10. The van der Waals surface area contributed by atoms with Crippen molar-refractivity contribution in [1.29, 1.82) is 0 Å². The summed E-state index contributed by atoms with van der Waals surface area (Å²) < 4.78 is 3.84. The van der Waals surface area contributed by atoms with Crippen molar-refractivity contribution in [3.05, 3.63) is 57.3 Å². The van der Waals surface area contributed by atoms with Crippen LogP contribution in [-0.4, -0.2) is 9.55 Å². The standard InChI is InChI=1S/C14H11BrN2S/c1-9-4-2-3-5-12(9)17-13-7-6-10(15)8-11(13)16-14(17)18/h2-8H,1H3,(H,16,18). The van der Waals surface area contributed by atoms with Gasteiger partial charge >= 0.3 is 0 Å². The van der Waals surface area contributed by atoms with Crippen LogP contribution >= 0.6 is 28.1 Å². The fourth-order valence-corrected chi connectivity index (χ4v) is 2.81. The zero-order valence-electron chi connectivity index (χ0n) is 9.77. The Morgan fingerprint density at radius 1 is 1.17 bits per heavy atom. The van der Waals surface area contributed by atoms with E-state index >= 15 is 0 Å². The molecule has 0 bridgehead atoms. The van der Waals surface area contributed by atoms with Crippen LogP contribution in [0.25, 0.3) is 16.7 Å². The van der Waals surface area contributed by atoms with E-state index in [4.69, 9.17) is 12.2 Å². The highest BCUT2D eigenvalue weighted by atomic mass is 79.9. The third-order valence-electron chi connectivity index (χ3n) is 3.00. The number of aromatic amines is 1. The Morgan fingerprint density at radius 2 is 1.94 bits per heavy atom. The summed E-state index contributed by atoms with van der Waals surface area (Å²) in [6, 6.07) is 14.4. The molecule has 0 unspecified atom stereocenters. The molecule has 0 radical (unpaired) electrons. The van der Waals surface area contributed by atoms with Gasteiger partial charge in [0, 0.05) is 4.47 Å². The smallest absolute Gasteiger partial charge is 0.182 e. The molecule has 1 N–H and O–H groups in total. The van der Waals surface area contributed by atoms with Crippen LogP contribution in [0.5, 0.6) is 0 Å². The second-order valence-electron chi connectivity index (χ2n) is 4.21. The van der Waals surface area contributed by atoms with Crippen LogP contribution in [0, 0.1) is 11.7 Å². The number of hydrogen-bond acceptors (Lipinski definition) is 1. The van der Waals surface area contributed by atoms with Crippen LogP contribution in [0.15, 0.2) is 46.9 Å². The maximum absolute atomic E-state index is 5.43. The molecule has 2 nitrogen and oxygen atoms in total. The van der Waals surface area contributed by atoms with Gasteiger partial charge in [-0.2, -0.15) is 0 Å². The van der Waals surface area contributed by atoms with Crippen molar-refractivity contribution in [3.63, 3.8) is 0 Å². The van der Waals surface area contributed by atoms with Crippen molar-refractivity contribution in [2.45, 2.75) is 6.92 Å². The van der Waals surface area contributed by atoms with Gasteiger partial charge in [-0.1, -0.05) is 34.1 Å². The minimum absolute atomic E-state index is 0.720. The lowest BCUT2D eigenvalue weighted by Gasteiger charge is -2.07. The van der Waals surface area contributed by atoms with Gasteiger partial charge < -0.3 is 4.98 Å². The molecular weight excluding hydrogens is 308 g/mol. The van der Waals surface area contributed by atoms with E-state index < -0.39 is 0 Å². The average molecular weight is 319 g/mol. The molecule has 0 aliphatic heterocycles. The summed E-state index contributed by atoms with van der Waals surface area (Å²) in [4.78, 5) is 3.24. The third kappa shape index (κ3) is 1.82. The Morgan fingerprint density at radius 3 is 2.72 bits per heavy atom. The molecule has 1 aromatic heterocycles. The number of aromatic nitrogens is 2. The minimum atomic E-state index is 0.720. The van der Waals surface area contributed by atoms with Gasteiger partial charge in [0.25, 0.3) is 0 Å². The molecule has 18 heavy (non-hydrogen) atoms. The summed E-state index contributed by atoms with van der Waals surface area (Å²) in [7, 11) is 0. The van der Waals surface area contributed by atoms with Gasteiger partial charge in [0.2, 0.25) is 0 Å². The van der Waals surface area contributed by atoms with Crippen LogP contribution < -0.4 is 0 Å². The summed E-state index contributed by atoms with van der Waals surface area (Å²) in [5.41, 5.74) is 4.46. The largest absolute Gasteiger partial charge is 0.330 e. The number of nitrogens with zero attached hydrogens (tertiary/aromatic N) is 1. The molecule has 0 atom stereocenters.